The van der Waals surface area contributed by atoms with Gasteiger partial charge >= 0.3 is 0 Å². The van der Waals surface area contributed by atoms with E-state index in [1.54, 1.807) is 25.1 Å². The number of aryl methyl sites for hydroxylation is 2. The molecule has 0 bridgehead atoms. The van der Waals surface area contributed by atoms with Crippen molar-refractivity contribution in [3.8, 4) is 0 Å². The second-order valence-corrected chi connectivity index (χ2v) is 8.99. The Labute approximate surface area is 169 Å². The molecule has 0 saturated carbocycles. The Morgan fingerprint density at radius 1 is 1.24 bits per heavy atom. The van der Waals surface area contributed by atoms with Gasteiger partial charge in [-0.25, -0.2) is 12.8 Å². The minimum absolute atomic E-state index is 0.0625. The zero-order valence-corrected chi connectivity index (χ0v) is 17.1. The second-order valence-electron chi connectivity index (χ2n) is 7.31. The maximum absolute atomic E-state index is 14.5. The summed E-state index contributed by atoms with van der Waals surface area (Å²) in [5, 5.41) is 10.6. The normalized spacial score (nSPS) is 15.5. The van der Waals surface area contributed by atoms with Crippen LogP contribution in [0.5, 0.6) is 0 Å². The summed E-state index contributed by atoms with van der Waals surface area (Å²) in [5.74, 6) is -0.534. The highest BCUT2D eigenvalue weighted by atomic mass is 32.2. The van der Waals surface area contributed by atoms with E-state index in [1.165, 1.54) is 12.1 Å². The number of aliphatic hydroxyl groups excluding tert-OH is 1. The molecule has 0 radical (unpaired) electrons. The van der Waals surface area contributed by atoms with Crippen LogP contribution in [0.1, 0.15) is 36.5 Å². The molecule has 4 rings (SSSR count). The first-order valence-corrected chi connectivity index (χ1v) is 11.0. The Kier molecular flexibility index (Phi) is 5.10. The summed E-state index contributed by atoms with van der Waals surface area (Å²) in [6.45, 7) is 5.34. The Morgan fingerprint density at radius 3 is 2.66 bits per heavy atom. The first kappa shape index (κ1) is 19.9. The summed E-state index contributed by atoms with van der Waals surface area (Å²) in [6, 6.07) is 9.64. The quantitative estimate of drug-likeness (QED) is 0.598. The number of hydrogen-bond acceptors (Lipinski definition) is 5. The van der Waals surface area contributed by atoms with Crippen molar-refractivity contribution in [2.75, 3.05) is 18.0 Å². The van der Waals surface area contributed by atoms with Gasteiger partial charge in [0.1, 0.15) is 17.2 Å². The minimum atomic E-state index is -4.00. The number of hydrogen-bond donors (Lipinski definition) is 2. The van der Waals surface area contributed by atoms with Crippen molar-refractivity contribution < 1.29 is 22.3 Å². The van der Waals surface area contributed by atoms with Gasteiger partial charge in [-0.3, -0.25) is 0 Å². The van der Waals surface area contributed by atoms with Crippen molar-refractivity contribution in [1.82, 2.24) is 4.72 Å². The molecule has 2 heterocycles. The van der Waals surface area contributed by atoms with Crippen LogP contribution < -0.4 is 9.62 Å². The number of benzene rings is 2. The maximum atomic E-state index is 14.5. The van der Waals surface area contributed by atoms with Crippen LogP contribution in [-0.2, 0) is 16.4 Å². The molecule has 2 aromatic carbocycles. The summed E-state index contributed by atoms with van der Waals surface area (Å²) in [7, 11) is -4.00. The summed E-state index contributed by atoms with van der Waals surface area (Å²) in [4.78, 5) is 2.12. The molecule has 0 aliphatic carbocycles. The summed E-state index contributed by atoms with van der Waals surface area (Å²) in [5.41, 5.74) is 2.42. The number of nitrogens with zero attached hydrogens (tertiary/aromatic N) is 1. The molecule has 2 N–H and O–H groups in total. The topological polar surface area (TPSA) is 82.8 Å². The Hall–Kier alpha value is -2.42. The lowest BCUT2D eigenvalue weighted by Crippen LogP contribution is -2.36. The highest BCUT2D eigenvalue weighted by Crippen LogP contribution is 2.32. The highest BCUT2D eigenvalue weighted by Gasteiger charge is 2.25. The largest absolute Gasteiger partial charge is 0.457 e. The SMILES string of the molecule is CCc1ccc(C)c(S(=O)(=O)NC(O)c2cc3c(F)cc(N4CCC4)cc3o2)c1. The number of rotatable bonds is 6. The standard InChI is InChI=1S/C21H23FN2O4S/c1-3-14-6-5-13(2)20(9-14)29(26,27)23-21(25)19-12-16-17(22)10-15(11-18(16)28-19)24-7-4-8-24/h5-6,9-12,21,23,25H,3-4,7-8H2,1-2H3. The molecule has 0 amide bonds. The molecule has 3 aromatic rings. The molecule has 154 valence electrons. The number of furan rings is 1. The second kappa shape index (κ2) is 7.44. The van der Waals surface area contributed by atoms with Crippen molar-refractivity contribution in [2.45, 2.75) is 37.8 Å². The molecule has 29 heavy (non-hydrogen) atoms. The molecule has 1 saturated heterocycles. The Balaban J connectivity index is 1.63. The van der Waals surface area contributed by atoms with Gasteiger partial charge in [-0.15, -0.1) is 0 Å². The maximum Gasteiger partial charge on any atom is 0.243 e. The zero-order chi connectivity index (χ0) is 20.8. The van der Waals surface area contributed by atoms with E-state index < -0.39 is 22.1 Å². The highest BCUT2D eigenvalue weighted by molar-refractivity contribution is 7.89. The third kappa shape index (κ3) is 3.75. The number of nitrogens with one attached hydrogen (secondary N) is 1. The smallest absolute Gasteiger partial charge is 0.243 e. The molecule has 1 aliphatic rings. The monoisotopic (exact) mass is 418 g/mol. The molecule has 0 spiro atoms. The average Bonchev–Trinajstić information content (AvgIpc) is 3.05. The molecule has 6 nitrogen and oxygen atoms in total. The lowest BCUT2D eigenvalue weighted by molar-refractivity contribution is 0.141. The summed E-state index contributed by atoms with van der Waals surface area (Å²) >= 11 is 0. The van der Waals surface area contributed by atoms with E-state index in [0.29, 0.717) is 17.7 Å². The van der Waals surface area contributed by atoms with E-state index in [0.717, 1.165) is 25.1 Å². The first-order valence-electron chi connectivity index (χ1n) is 9.56. The van der Waals surface area contributed by atoms with E-state index in [9.17, 15) is 17.9 Å². The van der Waals surface area contributed by atoms with Gasteiger partial charge in [-0.05, 0) is 49.1 Å². The van der Waals surface area contributed by atoms with Gasteiger partial charge in [0.05, 0.1) is 10.3 Å². The Morgan fingerprint density at radius 2 is 2.00 bits per heavy atom. The number of aliphatic hydroxyl groups is 1. The van der Waals surface area contributed by atoms with Crippen LogP contribution in [0.15, 0.2) is 45.7 Å². The van der Waals surface area contributed by atoms with E-state index in [-0.39, 0.29) is 21.6 Å². The Bertz CT molecular complexity index is 1170. The predicted molar refractivity (Wildman–Crippen MR) is 109 cm³/mol. The van der Waals surface area contributed by atoms with Crippen LogP contribution in [0, 0.1) is 12.7 Å². The van der Waals surface area contributed by atoms with Gasteiger partial charge in [0.2, 0.25) is 10.0 Å². The van der Waals surface area contributed by atoms with E-state index >= 15 is 0 Å². The fourth-order valence-electron chi connectivity index (χ4n) is 3.42. The van der Waals surface area contributed by atoms with Crippen molar-refractivity contribution in [3.63, 3.8) is 0 Å². The van der Waals surface area contributed by atoms with Crippen LogP contribution >= 0.6 is 0 Å². The molecule has 1 atom stereocenters. The van der Waals surface area contributed by atoms with Crippen LogP contribution in [0.2, 0.25) is 0 Å². The number of sulfonamides is 1. The lowest BCUT2D eigenvalue weighted by Gasteiger charge is -2.33. The zero-order valence-electron chi connectivity index (χ0n) is 16.3. The van der Waals surface area contributed by atoms with Gasteiger partial charge in [0.15, 0.2) is 6.23 Å². The fourth-order valence-corrected chi connectivity index (χ4v) is 4.75. The van der Waals surface area contributed by atoms with Crippen molar-refractivity contribution in [3.05, 3.63) is 59.1 Å². The van der Waals surface area contributed by atoms with E-state index in [1.807, 2.05) is 17.9 Å². The average molecular weight is 418 g/mol. The molecule has 8 heteroatoms. The molecule has 1 aromatic heterocycles. The molecule has 1 aliphatic heterocycles. The third-order valence-corrected chi connectivity index (χ3v) is 6.85. The number of fused-ring (bicyclic) bond motifs is 1. The van der Waals surface area contributed by atoms with Gasteiger partial charge < -0.3 is 14.4 Å². The molecule has 1 fully saturated rings. The van der Waals surface area contributed by atoms with Crippen molar-refractivity contribution >= 4 is 26.7 Å². The van der Waals surface area contributed by atoms with Crippen LogP contribution in [0.25, 0.3) is 11.0 Å². The first-order chi connectivity index (χ1) is 13.8. The van der Waals surface area contributed by atoms with Crippen molar-refractivity contribution in [2.24, 2.45) is 0 Å². The minimum Gasteiger partial charge on any atom is -0.457 e. The van der Waals surface area contributed by atoms with Crippen LogP contribution in [0.4, 0.5) is 10.1 Å². The van der Waals surface area contributed by atoms with Gasteiger partial charge in [-0.2, -0.15) is 4.72 Å². The lowest BCUT2D eigenvalue weighted by atomic mass is 10.1. The third-order valence-electron chi connectivity index (χ3n) is 5.30. The van der Waals surface area contributed by atoms with Gasteiger partial charge in [0.25, 0.3) is 0 Å². The number of anilines is 1. The molecular weight excluding hydrogens is 395 g/mol. The predicted octanol–water partition coefficient (Wildman–Crippen LogP) is 3.62. The molecular formula is C21H23FN2O4S. The van der Waals surface area contributed by atoms with Crippen LogP contribution in [-0.4, -0.2) is 26.6 Å². The van der Waals surface area contributed by atoms with Crippen molar-refractivity contribution in [1.29, 1.82) is 0 Å². The van der Waals surface area contributed by atoms with Crippen LogP contribution in [0.3, 0.4) is 0 Å². The summed E-state index contributed by atoms with van der Waals surface area (Å²) in [6.07, 6.45) is 0.111. The van der Waals surface area contributed by atoms with E-state index in [2.05, 4.69) is 4.72 Å². The van der Waals surface area contributed by atoms with Gasteiger partial charge in [0, 0.05) is 24.8 Å². The fraction of sp³-hybridized carbons (Fsp3) is 0.333. The van der Waals surface area contributed by atoms with E-state index in [4.69, 9.17) is 4.42 Å². The molecule has 1 unspecified atom stereocenters. The summed E-state index contributed by atoms with van der Waals surface area (Å²) < 4.78 is 47.8. The number of halogens is 1. The van der Waals surface area contributed by atoms with Gasteiger partial charge in [-0.1, -0.05) is 19.1 Å².